The van der Waals surface area contributed by atoms with Gasteiger partial charge in [-0.3, -0.25) is 14.9 Å². The molecule has 0 amide bonds. The number of nitro groups is 1. The molecule has 0 aliphatic carbocycles. The number of ether oxygens (including phenoxy) is 2. The molecule has 3 rings (SSSR count). The molecule has 0 bridgehead atoms. The SMILES string of the molecule is COC(=O)CCc1c(C)nn(-c2ccc(C(=O)OCc3ccc([N+](=O)[O-])cc3)cc2)c1C. The molecule has 0 radical (unpaired) electrons. The highest BCUT2D eigenvalue weighted by Gasteiger charge is 2.15. The van der Waals surface area contributed by atoms with Gasteiger partial charge in [-0.2, -0.15) is 5.10 Å². The lowest BCUT2D eigenvalue weighted by Crippen LogP contribution is -2.06. The molecule has 166 valence electrons. The van der Waals surface area contributed by atoms with Gasteiger partial charge in [-0.25, -0.2) is 9.48 Å². The number of esters is 2. The van der Waals surface area contributed by atoms with E-state index in [-0.39, 0.29) is 24.7 Å². The summed E-state index contributed by atoms with van der Waals surface area (Å²) in [4.78, 5) is 34.0. The predicted molar refractivity (Wildman–Crippen MR) is 116 cm³/mol. The Kier molecular flexibility index (Phi) is 6.99. The van der Waals surface area contributed by atoms with Crippen LogP contribution < -0.4 is 0 Å². The average Bonchev–Trinajstić information content (AvgIpc) is 3.09. The average molecular weight is 437 g/mol. The Morgan fingerprint density at radius 2 is 1.72 bits per heavy atom. The Morgan fingerprint density at radius 3 is 2.31 bits per heavy atom. The number of methoxy groups -OCH3 is 1. The lowest BCUT2D eigenvalue weighted by molar-refractivity contribution is -0.384. The van der Waals surface area contributed by atoms with E-state index in [1.165, 1.54) is 19.2 Å². The highest BCUT2D eigenvalue weighted by molar-refractivity contribution is 5.89. The number of nitro benzene ring substituents is 1. The first kappa shape index (κ1) is 22.7. The van der Waals surface area contributed by atoms with Crippen molar-refractivity contribution in [1.29, 1.82) is 0 Å². The quantitative estimate of drug-likeness (QED) is 0.299. The number of hydrogen-bond donors (Lipinski definition) is 0. The van der Waals surface area contributed by atoms with E-state index < -0.39 is 10.9 Å². The number of aryl methyl sites for hydroxylation is 1. The van der Waals surface area contributed by atoms with Crippen LogP contribution in [0.15, 0.2) is 48.5 Å². The van der Waals surface area contributed by atoms with Crippen molar-refractivity contribution in [3.05, 3.63) is 86.7 Å². The largest absolute Gasteiger partial charge is 0.469 e. The Labute approximate surface area is 184 Å². The summed E-state index contributed by atoms with van der Waals surface area (Å²) in [5.41, 5.74) is 4.53. The Hall–Kier alpha value is -4.01. The van der Waals surface area contributed by atoms with Crippen LogP contribution in [0.5, 0.6) is 0 Å². The number of aromatic nitrogens is 2. The predicted octanol–water partition coefficient (Wildman–Crippen LogP) is 3.86. The van der Waals surface area contributed by atoms with E-state index in [9.17, 15) is 19.7 Å². The van der Waals surface area contributed by atoms with Crippen LogP contribution in [0.2, 0.25) is 0 Å². The fourth-order valence-electron chi connectivity index (χ4n) is 3.30. The Bertz CT molecular complexity index is 1130. The van der Waals surface area contributed by atoms with Crippen LogP contribution in [0.25, 0.3) is 5.69 Å². The monoisotopic (exact) mass is 437 g/mol. The molecule has 0 N–H and O–H groups in total. The summed E-state index contributed by atoms with van der Waals surface area (Å²) < 4.78 is 11.8. The van der Waals surface area contributed by atoms with Crippen molar-refractivity contribution in [2.75, 3.05) is 7.11 Å². The van der Waals surface area contributed by atoms with Crippen LogP contribution in [0.1, 0.15) is 39.3 Å². The van der Waals surface area contributed by atoms with Gasteiger partial charge in [0.1, 0.15) is 6.61 Å². The van der Waals surface area contributed by atoms with Crippen molar-refractivity contribution in [3.63, 3.8) is 0 Å². The van der Waals surface area contributed by atoms with Crippen molar-refractivity contribution >= 4 is 17.6 Å². The van der Waals surface area contributed by atoms with Crippen LogP contribution in [0.3, 0.4) is 0 Å². The zero-order chi connectivity index (χ0) is 23.3. The zero-order valence-corrected chi connectivity index (χ0v) is 18.0. The van der Waals surface area contributed by atoms with Gasteiger partial charge in [0.05, 0.1) is 29.0 Å². The molecule has 0 saturated carbocycles. The van der Waals surface area contributed by atoms with E-state index in [4.69, 9.17) is 9.47 Å². The summed E-state index contributed by atoms with van der Waals surface area (Å²) in [5, 5.41) is 15.3. The number of benzene rings is 2. The van der Waals surface area contributed by atoms with Crippen LogP contribution >= 0.6 is 0 Å². The minimum atomic E-state index is -0.498. The van der Waals surface area contributed by atoms with E-state index >= 15 is 0 Å². The maximum atomic E-state index is 12.3. The standard InChI is InChI=1S/C23H23N3O6/c1-15-21(12-13-22(27)31-3)16(2)25(24-15)19-10-6-18(7-11-19)23(28)32-14-17-4-8-20(9-5-17)26(29)30/h4-11H,12-14H2,1-3H3. The highest BCUT2D eigenvalue weighted by atomic mass is 16.6. The van der Waals surface area contributed by atoms with Crippen molar-refractivity contribution in [3.8, 4) is 5.69 Å². The minimum Gasteiger partial charge on any atom is -0.469 e. The van der Waals surface area contributed by atoms with Gasteiger partial charge < -0.3 is 9.47 Å². The summed E-state index contributed by atoms with van der Waals surface area (Å²) in [7, 11) is 1.37. The molecule has 1 aromatic heterocycles. The lowest BCUT2D eigenvalue weighted by atomic mass is 10.1. The van der Waals surface area contributed by atoms with E-state index in [2.05, 4.69) is 5.10 Å². The third-order valence-electron chi connectivity index (χ3n) is 5.11. The molecule has 1 heterocycles. The molecular weight excluding hydrogens is 414 g/mol. The normalized spacial score (nSPS) is 10.6. The minimum absolute atomic E-state index is 0.0135. The molecule has 0 saturated heterocycles. The van der Waals surface area contributed by atoms with E-state index in [0.717, 1.165) is 22.6 Å². The number of carbonyl (C=O) groups is 2. The van der Waals surface area contributed by atoms with Gasteiger partial charge in [0.25, 0.3) is 5.69 Å². The molecule has 3 aromatic rings. The van der Waals surface area contributed by atoms with E-state index in [0.29, 0.717) is 17.5 Å². The maximum absolute atomic E-state index is 12.3. The number of nitrogens with zero attached hydrogens (tertiary/aromatic N) is 3. The van der Waals surface area contributed by atoms with Crippen molar-refractivity contribution < 1.29 is 24.0 Å². The molecule has 0 spiro atoms. The van der Waals surface area contributed by atoms with Crippen LogP contribution in [-0.2, 0) is 27.3 Å². The first-order valence-corrected chi connectivity index (χ1v) is 9.93. The molecule has 9 heteroatoms. The number of carbonyl (C=O) groups excluding carboxylic acids is 2. The highest BCUT2D eigenvalue weighted by Crippen LogP contribution is 2.20. The second-order valence-electron chi connectivity index (χ2n) is 7.18. The number of rotatable bonds is 8. The molecule has 2 aromatic carbocycles. The maximum Gasteiger partial charge on any atom is 0.338 e. The second kappa shape index (κ2) is 9.86. The summed E-state index contributed by atoms with van der Waals surface area (Å²) in [6.07, 6.45) is 0.820. The fraction of sp³-hybridized carbons (Fsp3) is 0.261. The van der Waals surface area contributed by atoms with Gasteiger partial charge in [0.15, 0.2) is 0 Å². The van der Waals surface area contributed by atoms with Crippen LogP contribution in [0.4, 0.5) is 5.69 Å². The van der Waals surface area contributed by atoms with E-state index in [1.807, 2.05) is 13.8 Å². The number of non-ortho nitro benzene ring substituents is 1. The molecule has 0 aliphatic rings. The van der Waals surface area contributed by atoms with Gasteiger partial charge in [-0.1, -0.05) is 0 Å². The second-order valence-corrected chi connectivity index (χ2v) is 7.18. The topological polar surface area (TPSA) is 114 Å². The number of hydrogen-bond acceptors (Lipinski definition) is 7. The first-order valence-electron chi connectivity index (χ1n) is 9.93. The fourth-order valence-corrected chi connectivity index (χ4v) is 3.30. The third-order valence-corrected chi connectivity index (χ3v) is 5.11. The van der Waals surface area contributed by atoms with Crippen LogP contribution in [-0.4, -0.2) is 33.8 Å². The summed E-state index contributed by atoms with van der Waals surface area (Å²) in [6, 6.07) is 12.7. The smallest absolute Gasteiger partial charge is 0.338 e. The summed E-state index contributed by atoms with van der Waals surface area (Å²) in [6.45, 7) is 3.83. The zero-order valence-electron chi connectivity index (χ0n) is 18.0. The first-order chi connectivity index (χ1) is 15.3. The van der Waals surface area contributed by atoms with E-state index in [1.54, 1.807) is 41.1 Å². The van der Waals surface area contributed by atoms with Gasteiger partial charge in [0.2, 0.25) is 0 Å². The molecular formula is C23H23N3O6. The third kappa shape index (κ3) is 5.18. The van der Waals surface area contributed by atoms with Gasteiger partial charge in [-0.05, 0) is 67.8 Å². The summed E-state index contributed by atoms with van der Waals surface area (Å²) in [5.74, 6) is -0.768. The Morgan fingerprint density at radius 1 is 1.06 bits per heavy atom. The van der Waals surface area contributed by atoms with Gasteiger partial charge in [0, 0.05) is 24.2 Å². The van der Waals surface area contributed by atoms with Crippen molar-refractivity contribution in [2.24, 2.45) is 0 Å². The van der Waals surface area contributed by atoms with Gasteiger partial charge in [-0.15, -0.1) is 0 Å². The lowest BCUT2D eigenvalue weighted by Gasteiger charge is -2.08. The molecule has 0 aliphatic heterocycles. The van der Waals surface area contributed by atoms with Gasteiger partial charge >= 0.3 is 11.9 Å². The Balaban J connectivity index is 1.66. The van der Waals surface area contributed by atoms with Crippen molar-refractivity contribution in [1.82, 2.24) is 9.78 Å². The molecule has 9 nitrogen and oxygen atoms in total. The molecule has 0 atom stereocenters. The van der Waals surface area contributed by atoms with Crippen molar-refractivity contribution in [2.45, 2.75) is 33.3 Å². The summed E-state index contributed by atoms with van der Waals surface area (Å²) >= 11 is 0. The molecule has 32 heavy (non-hydrogen) atoms. The van der Waals surface area contributed by atoms with Crippen LogP contribution in [0, 0.1) is 24.0 Å². The molecule has 0 fully saturated rings. The molecule has 0 unspecified atom stereocenters.